The van der Waals surface area contributed by atoms with Gasteiger partial charge in [-0.15, -0.1) is 0 Å². The second-order valence-corrected chi connectivity index (χ2v) is 8.59. The molecule has 0 aromatic heterocycles. The van der Waals surface area contributed by atoms with Gasteiger partial charge in [0.2, 0.25) is 0 Å². The Morgan fingerprint density at radius 1 is 1.03 bits per heavy atom. The third kappa shape index (κ3) is 5.19. The van der Waals surface area contributed by atoms with Crippen LogP contribution >= 0.6 is 0 Å². The summed E-state index contributed by atoms with van der Waals surface area (Å²) in [4.78, 5) is 23.6. The zero-order chi connectivity index (χ0) is 21.9. The number of hydrogen-bond acceptors (Lipinski definition) is 5. The highest BCUT2D eigenvalue weighted by molar-refractivity contribution is 5.79. The van der Waals surface area contributed by atoms with Crippen LogP contribution in [0.15, 0.2) is 48.5 Å². The van der Waals surface area contributed by atoms with Crippen LogP contribution in [0.25, 0.3) is 11.1 Å². The number of carboxylic acid groups (broad SMARTS) is 1. The van der Waals surface area contributed by atoms with Gasteiger partial charge in [0.05, 0.1) is 17.7 Å². The average Bonchev–Trinajstić information content (AvgIpc) is 2.98. The number of hydrogen-bond donors (Lipinski definition) is 1. The minimum absolute atomic E-state index is 0.0639. The van der Waals surface area contributed by atoms with Gasteiger partial charge in [0.25, 0.3) is 0 Å². The van der Waals surface area contributed by atoms with E-state index in [1.807, 2.05) is 57.2 Å². The van der Waals surface area contributed by atoms with Crippen LogP contribution in [-0.2, 0) is 14.3 Å². The maximum absolute atomic E-state index is 12.5. The fourth-order valence-electron chi connectivity index (χ4n) is 3.95. The van der Waals surface area contributed by atoms with Crippen LogP contribution in [0.5, 0.6) is 0 Å². The number of amides is 1. The first-order chi connectivity index (χ1) is 14.2. The first-order valence-electron chi connectivity index (χ1n) is 10.1. The molecule has 6 nitrogen and oxygen atoms in total. The van der Waals surface area contributed by atoms with Gasteiger partial charge in [-0.25, -0.2) is 4.79 Å². The lowest BCUT2D eigenvalue weighted by molar-refractivity contribution is -0.306. The minimum Gasteiger partial charge on any atom is -0.550 e. The summed E-state index contributed by atoms with van der Waals surface area (Å²) in [6.07, 6.45) is -1.56. The molecule has 0 radical (unpaired) electrons. The summed E-state index contributed by atoms with van der Waals surface area (Å²) < 4.78 is 11.3. The van der Waals surface area contributed by atoms with Crippen LogP contribution in [0.4, 0.5) is 4.79 Å². The van der Waals surface area contributed by atoms with E-state index >= 15 is 0 Å². The van der Waals surface area contributed by atoms with Gasteiger partial charge < -0.3 is 24.7 Å². The topological polar surface area (TPSA) is 87.7 Å². The van der Waals surface area contributed by atoms with Gasteiger partial charge in [0, 0.05) is 18.3 Å². The maximum Gasteiger partial charge on any atom is 0.407 e. The van der Waals surface area contributed by atoms with Gasteiger partial charge in [-0.2, -0.15) is 0 Å². The molecule has 2 aromatic rings. The Balaban J connectivity index is 1.68. The summed E-state index contributed by atoms with van der Waals surface area (Å²) >= 11 is 0. The van der Waals surface area contributed by atoms with Crippen molar-refractivity contribution in [3.05, 3.63) is 59.7 Å². The van der Waals surface area contributed by atoms with Crippen molar-refractivity contribution in [2.24, 2.45) is 0 Å². The maximum atomic E-state index is 12.5. The van der Waals surface area contributed by atoms with Crippen molar-refractivity contribution < 1.29 is 24.2 Å². The molecule has 3 rings (SSSR count). The molecule has 1 aliphatic carbocycles. The summed E-state index contributed by atoms with van der Waals surface area (Å²) in [5, 5.41) is 13.8. The molecular weight excluding hydrogens is 382 g/mol. The van der Waals surface area contributed by atoms with Crippen molar-refractivity contribution in [2.45, 2.75) is 57.8 Å². The summed E-state index contributed by atoms with van der Waals surface area (Å²) in [6, 6.07) is 15.4. The number of fused-ring (bicyclic) bond motifs is 3. The normalized spacial score (nSPS) is 15.1. The molecule has 0 bridgehead atoms. The Hall–Kier alpha value is -2.86. The molecule has 0 saturated heterocycles. The molecule has 160 valence electrons. The highest BCUT2D eigenvalue weighted by Crippen LogP contribution is 2.44. The largest absolute Gasteiger partial charge is 0.550 e. The number of rotatable bonds is 7. The first-order valence-corrected chi connectivity index (χ1v) is 10.1. The van der Waals surface area contributed by atoms with Crippen LogP contribution in [0.1, 0.15) is 51.2 Å². The van der Waals surface area contributed by atoms with Crippen molar-refractivity contribution >= 4 is 12.1 Å². The van der Waals surface area contributed by atoms with E-state index in [2.05, 4.69) is 17.4 Å². The smallest absolute Gasteiger partial charge is 0.407 e. The lowest BCUT2D eigenvalue weighted by atomic mass is 9.98. The molecule has 0 unspecified atom stereocenters. The van der Waals surface area contributed by atoms with Gasteiger partial charge in [-0.1, -0.05) is 48.5 Å². The Kier molecular flexibility index (Phi) is 6.46. The van der Waals surface area contributed by atoms with Crippen LogP contribution < -0.4 is 10.4 Å². The number of benzene rings is 2. The van der Waals surface area contributed by atoms with E-state index in [0.717, 1.165) is 22.3 Å². The SMILES string of the molecule is C[C@H](OC(C)(C)C)[C@@H](CC(=O)[O-])NC(=O)OCC1c2ccccc2-c2ccccc21. The second kappa shape index (κ2) is 8.88. The fourth-order valence-corrected chi connectivity index (χ4v) is 3.95. The molecule has 0 aliphatic heterocycles. The number of alkyl carbamates (subject to hydrolysis) is 1. The number of ether oxygens (including phenoxy) is 2. The average molecular weight is 410 g/mol. The standard InChI is InChI=1S/C24H29NO5/c1-15(30-24(2,3)4)21(13-22(26)27)25-23(28)29-14-20-18-11-7-5-9-16(18)17-10-6-8-12-19(17)20/h5-12,15,20-21H,13-14H2,1-4H3,(H,25,28)(H,26,27)/p-1/t15-,21+/m0/s1. The van der Waals surface area contributed by atoms with Crippen molar-refractivity contribution in [2.75, 3.05) is 6.61 Å². The molecule has 0 saturated carbocycles. The number of carbonyl (C=O) groups excluding carboxylic acids is 2. The predicted octanol–water partition coefficient (Wildman–Crippen LogP) is 3.24. The van der Waals surface area contributed by atoms with E-state index in [1.54, 1.807) is 6.92 Å². The summed E-state index contributed by atoms with van der Waals surface area (Å²) in [7, 11) is 0. The van der Waals surface area contributed by atoms with Crippen LogP contribution in [0.2, 0.25) is 0 Å². The Morgan fingerprint density at radius 2 is 1.57 bits per heavy atom. The van der Waals surface area contributed by atoms with Gasteiger partial charge in [-0.05, 0) is 49.9 Å². The zero-order valence-corrected chi connectivity index (χ0v) is 17.8. The molecule has 2 atom stereocenters. The van der Waals surface area contributed by atoms with Crippen molar-refractivity contribution in [1.29, 1.82) is 0 Å². The quantitative estimate of drug-likeness (QED) is 0.757. The third-order valence-electron chi connectivity index (χ3n) is 5.14. The molecule has 0 fully saturated rings. The number of carboxylic acids is 1. The number of aliphatic carboxylic acids is 1. The summed E-state index contributed by atoms with van der Waals surface area (Å²) in [5.74, 6) is -1.32. The Bertz CT molecular complexity index is 872. The van der Waals surface area contributed by atoms with E-state index in [-0.39, 0.29) is 18.9 Å². The van der Waals surface area contributed by atoms with E-state index in [9.17, 15) is 14.7 Å². The van der Waals surface area contributed by atoms with Gasteiger partial charge >= 0.3 is 6.09 Å². The molecule has 2 aromatic carbocycles. The highest BCUT2D eigenvalue weighted by atomic mass is 16.6. The summed E-state index contributed by atoms with van der Waals surface area (Å²) in [6.45, 7) is 7.49. The third-order valence-corrected chi connectivity index (χ3v) is 5.14. The van der Waals surface area contributed by atoms with E-state index in [1.165, 1.54) is 0 Å². The van der Waals surface area contributed by atoms with Crippen molar-refractivity contribution in [1.82, 2.24) is 5.32 Å². The second-order valence-electron chi connectivity index (χ2n) is 8.59. The van der Waals surface area contributed by atoms with Gasteiger partial charge in [0.15, 0.2) is 0 Å². The highest BCUT2D eigenvalue weighted by Gasteiger charge is 2.30. The Labute approximate surface area is 177 Å². The van der Waals surface area contributed by atoms with Gasteiger partial charge in [-0.3, -0.25) is 0 Å². The van der Waals surface area contributed by atoms with Crippen molar-refractivity contribution in [3.63, 3.8) is 0 Å². The van der Waals surface area contributed by atoms with E-state index in [4.69, 9.17) is 9.47 Å². The molecule has 30 heavy (non-hydrogen) atoms. The number of nitrogens with one attached hydrogen (secondary N) is 1. The zero-order valence-electron chi connectivity index (χ0n) is 17.8. The van der Waals surface area contributed by atoms with Crippen molar-refractivity contribution in [3.8, 4) is 11.1 Å². The lowest BCUT2D eigenvalue weighted by Crippen LogP contribution is -2.48. The van der Waals surface area contributed by atoms with Crippen LogP contribution in [0, 0.1) is 0 Å². The van der Waals surface area contributed by atoms with Crippen LogP contribution in [-0.4, -0.2) is 36.4 Å². The molecule has 1 amide bonds. The lowest BCUT2D eigenvalue weighted by Gasteiger charge is -2.31. The number of carbonyl (C=O) groups is 2. The predicted molar refractivity (Wildman–Crippen MR) is 112 cm³/mol. The fraction of sp³-hybridized carbons (Fsp3) is 0.417. The van der Waals surface area contributed by atoms with Crippen LogP contribution in [0.3, 0.4) is 0 Å². The molecule has 0 spiro atoms. The van der Waals surface area contributed by atoms with E-state index < -0.39 is 29.8 Å². The van der Waals surface area contributed by atoms with E-state index in [0.29, 0.717) is 0 Å². The first kappa shape index (κ1) is 21.8. The Morgan fingerprint density at radius 3 is 2.07 bits per heavy atom. The monoisotopic (exact) mass is 410 g/mol. The minimum atomic E-state index is -1.26. The van der Waals surface area contributed by atoms with Gasteiger partial charge in [0.1, 0.15) is 6.61 Å². The molecule has 1 aliphatic rings. The molecule has 0 heterocycles. The summed E-state index contributed by atoms with van der Waals surface area (Å²) in [5.41, 5.74) is 4.03. The molecular formula is C24H28NO5-. The molecule has 1 N–H and O–H groups in total. The molecule has 6 heteroatoms.